The molecule has 1 fully saturated rings. The highest BCUT2D eigenvalue weighted by Gasteiger charge is 2.19. The van der Waals surface area contributed by atoms with Gasteiger partial charge in [0.2, 0.25) is 11.8 Å². The van der Waals surface area contributed by atoms with Gasteiger partial charge in [-0.2, -0.15) is 0 Å². The fourth-order valence-electron chi connectivity index (χ4n) is 1.85. The molecule has 2 amide bonds. The first kappa shape index (κ1) is 12.4. The van der Waals surface area contributed by atoms with Crippen molar-refractivity contribution in [3.63, 3.8) is 0 Å². The Bertz CT molecular complexity index is 442. The minimum absolute atomic E-state index is 0.0448. The van der Waals surface area contributed by atoms with Crippen LogP contribution in [0.5, 0.6) is 5.75 Å². The number of hydrogen-bond donors (Lipinski definition) is 1. The molecule has 0 radical (unpaired) electrons. The molecule has 5 heteroatoms. The fraction of sp³-hybridized carbons (Fsp3) is 0.385. The Morgan fingerprint density at radius 1 is 1.28 bits per heavy atom. The average Bonchev–Trinajstić information content (AvgIpc) is 2.55. The monoisotopic (exact) mass is 248 g/mol. The highest BCUT2D eigenvalue weighted by Crippen LogP contribution is 2.13. The molecule has 1 aromatic carbocycles. The van der Waals surface area contributed by atoms with Crippen molar-refractivity contribution >= 4 is 11.8 Å². The molecule has 0 aliphatic carbocycles. The predicted octanol–water partition coefficient (Wildman–Crippen LogP) is 0.544. The van der Waals surface area contributed by atoms with Crippen molar-refractivity contribution < 1.29 is 14.3 Å². The topological polar surface area (TPSA) is 58.6 Å². The minimum Gasteiger partial charge on any atom is -0.497 e. The maximum atomic E-state index is 11.8. The minimum atomic E-state index is -0.0689. The van der Waals surface area contributed by atoms with Gasteiger partial charge in [0.25, 0.3) is 0 Å². The summed E-state index contributed by atoms with van der Waals surface area (Å²) in [7, 11) is 1.62. The van der Waals surface area contributed by atoms with Gasteiger partial charge in [0.15, 0.2) is 0 Å². The van der Waals surface area contributed by atoms with Crippen LogP contribution in [-0.4, -0.2) is 36.9 Å². The van der Waals surface area contributed by atoms with Crippen molar-refractivity contribution in [2.75, 3.05) is 20.2 Å². The number of carbonyl (C=O) groups is 2. The van der Waals surface area contributed by atoms with Crippen LogP contribution in [-0.2, 0) is 16.1 Å². The highest BCUT2D eigenvalue weighted by molar-refractivity contribution is 5.87. The zero-order valence-electron chi connectivity index (χ0n) is 10.3. The van der Waals surface area contributed by atoms with Gasteiger partial charge in [-0.1, -0.05) is 12.1 Å². The number of ether oxygens (including phenoxy) is 1. The molecule has 1 aromatic rings. The summed E-state index contributed by atoms with van der Waals surface area (Å²) >= 11 is 0. The molecule has 0 atom stereocenters. The molecule has 5 nitrogen and oxygen atoms in total. The first-order chi connectivity index (χ1) is 8.69. The van der Waals surface area contributed by atoms with Gasteiger partial charge in [-0.3, -0.25) is 9.59 Å². The number of hydrogen-bond acceptors (Lipinski definition) is 3. The third-order valence-corrected chi connectivity index (χ3v) is 2.93. The fourth-order valence-corrected chi connectivity index (χ4v) is 1.85. The molecule has 0 unspecified atom stereocenters. The largest absolute Gasteiger partial charge is 0.497 e. The molecule has 1 aliphatic rings. The molecule has 0 spiro atoms. The number of benzene rings is 1. The molecule has 0 saturated carbocycles. The molecule has 1 aliphatic heterocycles. The first-order valence-electron chi connectivity index (χ1n) is 5.86. The van der Waals surface area contributed by atoms with Crippen LogP contribution < -0.4 is 10.1 Å². The molecule has 96 valence electrons. The SMILES string of the molecule is COc1ccc(CN2CCC(=O)NCC2=O)cc1. The summed E-state index contributed by atoms with van der Waals surface area (Å²) in [6.45, 7) is 1.09. The Hall–Kier alpha value is -2.04. The van der Waals surface area contributed by atoms with E-state index in [-0.39, 0.29) is 18.4 Å². The molecule has 2 rings (SSSR count). The maximum absolute atomic E-state index is 11.8. The number of carbonyl (C=O) groups excluding carboxylic acids is 2. The molecule has 1 N–H and O–H groups in total. The third kappa shape index (κ3) is 3.00. The Labute approximate surface area is 106 Å². The summed E-state index contributed by atoms with van der Waals surface area (Å²) in [4.78, 5) is 24.7. The average molecular weight is 248 g/mol. The molecule has 0 aromatic heterocycles. The molecule has 0 bridgehead atoms. The Morgan fingerprint density at radius 3 is 2.67 bits per heavy atom. The molecule has 1 saturated heterocycles. The predicted molar refractivity (Wildman–Crippen MR) is 66.0 cm³/mol. The van der Waals surface area contributed by atoms with Crippen molar-refractivity contribution in [3.8, 4) is 5.75 Å². The quantitative estimate of drug-likeness (QED) is 0.849. The van der Waals surface area contributed by atoms with E-state index in [1.165, 1.54) is 0 Å². The number of nitrogens with zero attached hydrogens (tertiary/aromatic N) is 1. The third-order valence-electron chi connectivity index (χ3n) is 2.93. The summed E-state index contributed by atoms with van der Waals surface area (Å²) in [5.41, 5.74) is 1.03. The van der Waals surface area contributed by atoms with Crippen LogP contribution in [0.3, 0.4) is 0 Å². The lowest BCUT2D eigenvalue weighted by Crippen LogP contribution is -2.34. The van der Waals surface area contributed by atoms with Gasteiger partial charge < -0.3 is 15.0 Å². The van der Waals surface area contributed by atoms with E-state index in [0.29, 0.717) is 19.5 Å². The lowest BCUT2D eigenvalue weighted by Gasteiger charge is -2.19. The second kappa shape index (κ2) is 5.53. The molecular weight excluding hydrogens is 232 g/mol. The van der Waals surface area contributed by atoms with E-state index < -0.39 is 0 Å². The highest BCUT2D eigenvalue weighted by atomic mass is 16.5. The summed E-state index contributed by atoms with van der Waals surface area (Å²) in [6.07, 6.45) is 0.363. The van der Waals surface area contributed by atoms with E-state index in [2.05, 4.69) is 5.32 Å². The van der Waals surface area contributed by atoms with Gasteiger partial charge in [0.05, 0.1) is 13.7 Å². The lowest BCUT2D eigenvalue weighted by molar-refractivity contribution is -0.130. The van der Waals surface area contributed by atoms with Crippen LogP contribution in [0, 0.1) is 0 Å². The first-order valence-corrected chi connectivity index (χ1v) is 5.86. The van der Waals surface area contributed by atoms with Crippen molar-refractivity contribution in [2.24, 2.45) is 0 Å². The maximum Gasteiger partial charge on any atom is 0.242 e. The van der Waals surface area contributed by atoms with Crippen LogP contribution in [0.15, 0.2) is 24.3 Å². The zero-order valence-corrected chi connectivity index (χ0v) is 10.3. The van der Waals surface area contributed by atoms with E-state index in [1.54, 1.807) is 12.0 Å². The van der Waals surface area contributed by atoms with E-state index >= 15 is 0 Å². The van der Waals surface area contributed by atoms with Crippen molar-refractivity contribution in [1.82, 2.24) is 10.2 Å². The van der Waals surface area contributed by atoms with Gasteiger partial charge in [-0.15, -0.1) is 0 Å². The lowest BCUT2D eigenvalue weighted by atomic mass is 10.2. The second-order valence-corrected chi connectivity index (χ2v) is 4.19. The number of methoxy groups -OCH3 is 1. The van der Waals surface area contributed by atoms with E-state index in [1.807, 2.05) is 24.3 Å². The van der Waals surface area contributed by atoms with Crippen molar-refractivity contribution in [1.29, 1.82) is 0 Å². The Kier molecular flexibility index (Phi) is 3.82. The van der Waals surface area contributed by atoms with E-state index in [9.17, 15) is 9.59 Å². The second-order valence-electron chi connectivity index (χ2n) is 4.19. The van der Waals surface area contributed by atoms with Gasteiger partial charge in [0.1, 0.15) is 5.75 Å². The van der Waals surface area contributed by atoms with Gasteiger partial charge in [-0.05, 0) is 17.7 Å². The van der Waals surface area contributed by atoms with Crippen molar-refractivity contribution in [3.05, 3.63) is 29.8 Å². The molecular formula is C13H16N2O3. The molecule has 1 heterocycles. The van der Waals surface area contributed by atoms with Crippen molar-refractivity contribution in [2.45, 2.75) is 13.0 Å². The van der Waals surface area contributed by atoms with Gasteiger partial charge in [0, 0.05) is 19.5 Å². The van der Waals surface area contributed by atoms with Crippen LogP contribution in [0.4, 0.5) is 0 Å². The van der Waals surface area contributed by atoms with E-state index in [4.69, 9.17) is 4.74 Å². The van der Waals surface area contributed by atoms with Gasteiger partial charge in [-0.25, -0.2) is 0 Å². The summed E-state index contributed by atoms with van der Waals surface area (Å²) in [5, 5.41) is 2.58. The number of nitrogens with one attached hydrogen (secondary N) is 1. The number of amides is 2. The van der Waals surface area contributed by atoms with Gasteiger partial charge >= 0.3 is 0 Å². The number of rotatable bonds is 3. The Morgan fingerprint density at radius 2 is 2.00 bits per heavy atom. The van der Waals surface area contributed by atoms with Crippen LogP contribution in [0.2, 0.25) is 0 Å². The summed E-state index contributed by atoms with van der Waals surface area (Å²) in [5.74, 6) is 0.676. The van der Waals surface area contributed by atoms with Crippen LogP contribution >= 0.6 is 0 Å². The van der Waals surface area contributed by atoms with Crippen LogP contribution in [0.25, 0.3) is 0 Å². The van der Waals surface area contributed by atoms with Crippen LogP contribution in [0.1, 0.15) is 12.0 Å². The zero-order chi connectivity index (χ0) is 13.0. The standard InChI is InChI=1S/C13H16N2O3/c1-18-11-4-2-10(3-5-11)9-15-7-6-12(16)14-8-13(15)17/h2-5H,6-9H2,1H3,(H,14,16). The Balaban J connectivity index is 2.02. The summed E-state index contributed by atoms with van der Waals surface area (Å²) < 4.78 is 5.08. The summed E-state index contributed by atoms with van der Waals surface area (Å²) in [6, 6.07) is 7.57. The van der Waals surface area contributed by atoms with E-state index in [0.717, 1.165) is 11.3 Å². The molecule has 18 heavy (non-hydrogen) atoms. The normalized spacial score (nSPS) is 16.2. The smallest absolute Gasteiger partial charge is 0.242 e.